The Morgan fingerprint density at radius 3 is 2.56 bits per heavy atom. The lowest BCUT2D eigenvalue weighted by Gasteiger charge is -2.14. The quantitative estimate of drug-likeness (QED) is 0.860. The zero-order valence-electron chi connectivity index (χ0n) is 9.50. The van der Waals surface area contributed by atoms with Gasteiger partial charge in [0.1, 0.15) is 11.9 Å². The normalized spacial score (nSPS) is 12.9. The van der Waals surface area contributed by atoms with Gasteiger partial charge in [0, 0.05) is 29.4 Å². The number of hydrogen-bond donors (Lipinski definition) is 1. The molecule has 0 aliphatic heterocycles. The van der Waals surface area contributed by atoms with Gasteiger partial charge in [-0.2, -0.15) is 0 Å². The number of ether oxygens (including phenoxy) is 1. The van der Waals surface area contributed by atoms with Crippen molar-refractivity contribution in [3.63, 3.8) is 0 Å². The molecule has 16 heavy (non-hydrogen) atoms. The van der Waals surface area contributed by atoms with Crippen LogP contribution in [0.15, 0.2) is 6.20 Å². The summed E-state index contributed by atoms with van der Waals surface area (Å²) in [4.78, 5) is 4.04. The SMILES string of the molecule is COc1c(C)cnc(CC(O)C(F)F)c1C. The molecule has 1 atom stereocenters. The summed E-state index contributed by atoms with van der Waals surface area (Å²) in [5.41, 5.74) is 1.98. The van der Waals surface area contributed by atoms with Crippen molar-refractivity contribution < 1.29 is 18.6 Å². The minimum absolute atomic E-state index is 0.167. The first-order valence-corrected chi connectivity index (χ1v) is 4.92. The highest BCUT2D eigenvalue weighted by Crippen LogP contribution is 2.25. The Kier molecular flexibility index (Phi) is 4.18. The standard InChI is InChI=1S/C11H15F2NO2/c1-6-5-14-8(4-9(15)11(12)13)7(2)10(6)16-3/h5,9,11,15H,4H2,1-3H3. The summed E-state index contributed by atoms with van der Waals surface area (Å²) in [6.45, 7) is 3.57. The maximum absolute atomic E-state index is 12.2. The fraction of sp³-hybridized carbons (Fsp3) is 0.545. The Balaban J connectivity index is 2.98. The third kappa shape index (κ3) is 2.66. The second-order valence-corrected chi connectivity index (χ2v) is 3.65. The van der Waals surface area contributed by atoms with E-state index in [1.54, 1.807) is 13.1 Å². The first-order chi connectivity index (χ1) is 7.47. The number of rotatable bonds is 4. The zero-order valence-corrected chi connectivity index (χ0v) is 9.50. The van der Waals surface area contributed by atoms with E-state index in [0.29, 0.717) is 17.0 Å². The largest absolute Gasteiger partial charge is 0.496 e. The lowest BCUT2D eigenvalue weighted by molar-refractivity contribution is -0.00427. The zero-order chi connectivity index (χ0) is 12.3. The van der Waals surface area contributed by atoms with Crippen molar-refractivity contribution in [3.8, 4) is 5.75 Å². The molecule has 0 bridgehead atoms. The predicted molar refractivity (Wildman–Crippen MR) is 56.0 cm³/mol. The molecule has 1 N–H and O–H groups in total. The fourth-order valence-electron chi connectivity index (χ4n) is 1.56. The summed E-state index contributed by atoms with van der Waals surface area (Å²) in [6.07, 6.45) is -3.05. The molecule has 0 spiro atoms. The number of alkyl halides is 2. The second kappa shape index (κ2) is 5.21. The Hall–Kier alpha value is -1.23. The third-order valence-electron chi connectivity index (χ3n) is 2.44. The Bertz CT molecular complexity index is 369. The smallest absolute Gasteiger partial charge is 0.264 e. The summed E-state index contributed by atoms with van der Waals surface area (Å²) in [7, 11) is 1.52. The Labute approximate surface area is 93.1 Å². The van der Waals surface area contributed by atoms with E-state index in [2.05, 4.69) is 4.98 Å². The summed E-state index contributed by atoms with van der Waals surface area (Å²) >= 11 is 0. The van der Waals surface area contributed by atoms with E-state index in [9.17, 15) is 8.78 Å². The molecule has 1 unspecified atom stereocenters. The lowest BCUT2D eigenvalue weighted by atomic mass is 10.1. The molecule has 0 saturated carbocycles. The van der Waals surface area contributed by atoms with Crippen LogP contribution < -0.4 is 4.74 Å². The van der Waals surface area contributed by atoms with E-state index in [0.717, 1.165) is 5.56 Å². The first kappa shape index (κ1) is 12.8. The van der Waals surface area contributed by atoms with E-state index in [-0.39, 0.29) is 6.42 Å². The van der Waals surface area contributed by atoms with Crippen LogP contribution in [0, 0.1) is 13.8 Å². The number of aryl methyl sites for hydroxylation is 1. The number of hydrogen-bond acceptors (Lipinski definition) is 3. The van der Waals surface area contributed by atoms with Crippen molar-refractivity contribution >= 4 is 0 Å². The number of pyridine rings is 1. The molecular formula is C11H15F2NO2. The van der Waals surface area contributed by atoms with Crippen molar-refractivity contribution in [3.05, 3.63) is 23.0 Å². The van der Waals surface area contributed by atoms with E-state index < -0.39 is 12.5 Å². The highest BCUT2D eigenvalue weighted by Gasteiger charge is 2.20. The van der Waals surface area contributed by atoms with Crippen molar-refractivity contribution in [1.29, 1.82) is 0 Å². The molecule has 90 valence electrons. The molecule has 1 aromatic rings. The molecule has 0 aromatic carbocycles. The molecule has 0 aliphatic rings. The van der Waals surface area contributed by atoms with Crippen LogP contribution in [0.5, 0.6) is 5.75 Å². The van der Waals surface area contributed by atoms with Gasteiger partial charge in [-0.15, -0.1) is 0 Å². The minimum atomic E-state index is -2.76. The molecule has 3 nitrogen and oxygen atoms in total. The molecule has 0 fully saturated rings. The van der Waals surface area contributed by atoms with Crippen LogP contribution in [0.1, 0.15) is 16.8 Å². The van der Waals surface area contributed by atoms with Crippen molar-refractivity contribution in [2.45, 2.75) is 32.8 Å². The molecule has 5 heteroatoms. The molecule has 1 aromatic heterocycles. The van der Waals surface area contributed by atoms with Crippen LogP contribution in [0.25, 0.3) is 0 Å². The molecule has 0 aliphatic carbocycles. The van der Waals surface area contributed by atoms with Crippen LogP contribution in [0.3, 0.4) is 0 Å². The molecular weight excluding hydrogens is 216 g/mol. The number of nitrogens with zero attached hydrogens (tertiary/aromatic N) is 1. The predicted octanol–water partition coefficient (Wildman–Crippen LogP) is 1.88. The summed E-state index contributed by atoms with van der Waals surface area (Å²) in [6, 6.07) is 0. The second-order valence-electron chi connectivity index (χ2n) is 3.65. The van der Waals surface area contributed by atoms with Crippen LogP contribution >= 0.6 is 0 Å². The average Bonchev–Trinajstić information content (AvgIpc) is 2.22. The van der Waals surface area contributed by atoms with Gasteiger partial charge in [0.25, 0.3) is 6.43 Å². The van der Waals surface area contributed by atoms with Crippen molar-refractivity contribution in [2.24, 2.45) is 0 Å². The van der Waals surface area contributed by atoms with Crippen molar-refractivity contribution in [1.82, 2.24) is 4.98 Å². The maximum atomic E-state index is 12.2. The first-order valence-electron chi connectivity index (χ1n) is 4.92. The van der Waals surface area contributed by atoms with E-state index >= 15 is 0 Å². The third-order valence-corrected chi connectivity index (χ3v) is 2.44. The maximum Gasteiger partial charge on any atom is 0.264 e. The van der Waals surface area contributed by atoms with Gasteiger partial charge in [0.05, 0.1) is 7.11 Å². The highest BCUT2D eigenvalue weighted by molar-refractivity contribution is 5.41. The van der Waals surface area contributed by atoms with Crippen LogP contribution in [0.4, 0.5) is 8.78 Å². The number of aliphatic hydroxyl groups is 1. The van der Waals surface area contributed by atoms with Crippen LogP contribution in [-0.4, -0.2) is 29.7 Å². The molecule has 0 saturated heterocycles. The molecule has 0 amide bonds. The van der Waals surface area contributed by atoms with E-state index in [1.165, 1.54) is 7.11 Å². The van der Waals surface area contributed by atoms with Gasteiger partial charge in [0.15, 0.2) is 0 Å². The van der Waals surface area contributed by atoms with Crippen LogP contribution in [0.2, 0.25) is 0 Å². The van der Waals surface area contributed by atoms with Gasteiger partial charge >= 0.3 is 0 Å². The number of halogens is 2. The van der Waals surface area contributed by atoms with Gasteiger partial charge in [-0.05, 0) is 13.8 Å². The lowest BCUT2D eigenvalue weighted by Crippen LogP contribution is -2.21. The van der Waals surface area contributed by atoms with Gasteiger partial charge < -0.3 is 9.84 Å². The summed E-state index contributed by atoms with van der Waals surface area (Å²) < 4.78 is 29.5. The fourth-order valence-corrected chi connectivity index (χ4v) is 1.56. The Morgan fingerprint density at radius 1 is 1.44 bits per heavy atom. The topological polar surface area (TPSA) is 42.4 Å². The number of aromatic nitrogens is 1. The highest BCUT2D eigenvalue weighted by atomic mass is 19.3. The molecule has 1 heterocycles. The van der Waals surface area contributed by atoms with Crippen molar-refractivity contribution in [2.75, 3.05) is 7.11 Å². The van der Waals surface area contributed by atoms with E-state index in [1.807, 2.05) is 6.92 Å². The van der Waals surface area contributed by atoms with Gasteiger partial charge in [-0.1, -0.05) is 0 Å². The molecule has 1 rings (SSSR count). The minimum Gasteiger partial charge on any atom is -0.496 e. The van der Waals surface area contributed by atoms with Gasteiger partial charge in [-0.3, -0.25) is 4.98 Å². The Morgan fingerprint density at radius 2 is 2.06 bits per heavy atom. The van der Waals surface area contributed by atoms with Gasteiger partial charge in [-0.25, -0.2) is 8.78 Å². The monoisotopic (exact) mass is 231 g/mol. The number of methoxy groups -OCH3 is 1. The number of aliphatic hydroxyl groups excluding tert-OH is 1. The summed E-state index contributed by atoms with van der Waals surface area (Å²) in [5, 5.41) is 9.11. The van der Waals surface area contributed by atoms with Crippen LogP contribution in [-0.2, 0) is 6.42 Å². The molecule has 0 radical (unpaired) electrons. The summed E-state index contributed by atoms with van der Waals surface area (Å²) in [5.74, 6) is 0.631. The average molecular weight is 231 g/mol. The van der Waals surface area contributed by atoms with Gasteiger partial charge in [0.2, 0.25) is 0 Å². The van der Waals surface area contributed by atoms with E-state index in [4.69, 9.17) is 9.84 Å².